The van der Waals surface area contributed by atoms with E-state index in [0.717, 1.165) is 38.4 Å². The van der Waals surface area contributed by atoms with Crippen LogP contribution in [0, 0.1) is 11.8 Å². The van der Waals surface area contributed by atoms with E-state index in [-0.39, 0.29) is 35.6 Å². The van der Waals surface area contributed by atoms with Crippen molar-refractivity contribution in [1.82, 2.24) is 15.1 Å². The number of para-hydroxylation sites is 1. The van der Waals surface area contributed by atoms with E-state index in [4.69, 9.17) is 0 Å². The third-order valence-electron chi connectivity index (χ3n) is 6.24. The zero-order valence-corrected chi connectivity index (χ0v) is 18.2. The molecule has 0 aliphatic carbocycles. The minimum Gasteiger partial charge on any atom is -0.434 e. The predicted octanol–water partition coefficient (Wildman–Crippen LogP) is 3.38. The molecule has 172 valence electrons. The highest BCUT2D eigenvalue weighted by Gasteiger charge is 2.30. The standard InChI is InChI=1S/C23H33F2N3O3/c1-17-9-14-27(15-10-17)12-5-11-26-21(29)18-6-4-13-28(16-18)22(30)19-7-2-3-8-20(19)31-23(24)25/h2-3,7-8,17-18,23H,4-6,9-16H2,1H3,(H,26,29). The Labute approximate surface area is 182 Å². The van der Waals surface area contributed by atoms with Crippen LogP contribution in [0.4, 0.5) is 8.78 Å². The molecule has 0 saturated carbocycles. The molecule has 2 aliphatic heterocycles. The number of hydrogen-bond donors (Lipinski definition) is 1. The highest BCUT2D eigenvalue weighted by molar-refractivity contribution is 5.97. The van der Waals surface area contributed by atoms with Gasteiger partial charge < -0.3 is 19.9 Å². The molecule has 2 saturated heterocycles. The maximum Gasteiger partial charge on any atom is 0.387 e. The molecule has 0 bridgehead atoms. The van der Waals surface area contributed by atoms with Gasteiger partial charge in [-0.25, -0.2) is 0 Å². The first-order chi connectivity index (χ1) is 14.9. The Morgan fingerprint density at radius 2 is 1.90 bits per heavy atom. The average Bonchev–Trinajstić information content (AvgIpc) is 2.77. The zero-order chi connectivity index (χ0) is 22.2. The number of amides is 2. The lowest BCUT2D eigenvalue weighted by Gasteiger charge is -2.32. The largest absolute Gasteiger partial charge is 0.434 e. The Hall–Kier alpha value is -2.22. The van der Waals surface area contributed by atoms with E-state index < -0.39 is 6.61 Å². The van der Waals surface area contributed by atoms with Crippen LogP contribution < -0.4 is 10.1 Å². The number of likely N-dealkylation sites (tertiary alicyclic amines) is 2. The molecule has 0 spiro atoms. The summed E-state index contributed by atoms with van der Waals surface area (Å²) in [6, 6.07) is 6.00. The lowest BCUT2D eigenvalue weighted by molar-refractivity contribution is -0.126. The summed E-state index contributed by atoms with van der Waals surface area (Å²) in [5, 5.41) is 3.01. The molecule has 3 rings (SSSR count). The predicted molar refractivity (Wildman–Crippen MR) is 114 cm³/mol. The molecular formula is C23H33F2N3O3. The van der Waals surface area contributed by atoms with Gasteiger partial charge in [0.15, 0.2) is 0 Å². The van der Waals surface area contributed by atoms with E-state index in [1.807, 2.05) is 0 Å². The fourth-order valence-corrected chi connectivity index (χ4v) is 4.33. The summed E-state index contributed by atoms with van der Waals surface area (Å²) in [4.78, 5) is 29.5. The number of piperidine rings is 2. The quantitative estimate of drug-likeness (QED) is 0.634. The minimum absolute atomic E-state index is 0.0399. The smallest absolute Gasteiger partial charge is 0.387 e. The monoisotopic (exact) mass is 437 g/mol. The molecule has 1 atom stereocenters. The van der Waals surface area contributed by atoms with Crippen LogP contribution in [0.2, 0.25) is 0 Å². The molecule has 6 nitrogen and oxygen atoms in total. The van der Waals surface area contributed by atoms with Crippen molar-refractivity contribution in [2.24, 2.45) is 11.8 Å². The summed E-state index contributed by atoms with van der Waals surface area (Å²) >= 11 is 0. The van der Waals surface area contributed by atoms with Crippen molar-refractivity contribution in [3.05, 3.63) is 29.8 Å². The van der Waals surface area contributed by atoms with Crippen LogP contribution in [0.5, 0.6) is 5.75 Å². The first kappa shape index (κ1) is 23.4. The van der Waals surface area contributed by atoms with E-state index in [9.17, 15) is 18.4 Å². The van der Waals surface area contributed by atoms with E-state index in [1.54, 1.807) is 17.0 Å². The zero-order valence-electron chi connectivity index (χ0n) is 18.2. The molecule has 8 heteroatoms. The van der Waals surface area contributed by atoms with Crippen LogP contribution in [0.1, 0.15) is 49.4 Å². The molecule has 0 radical (unpaired) electrons. The Morgan fingerprint density at radius 1 is 1.16 bits per heavy atom. The molecular weight excluding hydrogens is 404 g/mol. The Morgan fingerprint density at radius 3 is 2.65 bits per heavy atom. The van der Waals surface area contributed by atoms with E-state index >= 15 is 0 Å². The van der Waals surface area contributed by atoms with Gasteiger partial charge in [-0.15, -0.1) is 0 Å². The van der Waals surface area contributed by atoms with Gasteiger partial charge in [0.2, 0.25) is 5.91 Å². The minimum atomic E-state index is -3.00. The highest BCUT2D eigenvalue weighted by Crippen LogP contribution is 2.25. The summed E-state index contributed by atoms with van der Waals surface area (Å²) < 4.78 is 29.8. The molecule has 2 aliphatic rings. The molecule has 1 N–H and O–H groups in total. The molecule has 1 aromatic carbocycles. The number of halogens is 2. The van der Waals surface area contributed by atoms with Crippen LogP contribution >= 0.6 is 0 Å². The first-order valence-corrected chi connectivity index (χ1v) is 11.3. The van der Waals surface area contributed by atoms with Gasteiger partial charge >= 0.3 is 6.61 Å². The van der Waals surface area contributed by atoms with Gasteiger partial charge in [0.1, 0.15) is 5.75 Å². The third kappa shape index (κ3) is 6.89. The Balaban J connectivity index is 1.46. The number of rotatable bonds is 8. The van der Waals surface area contributed by atoms with Crippen molar-refractivity contribution in [2.75, 3.05) is 39.3 Å². The van der Waals surface area contributed by atoms with E-state index in [2.05, 4.69) is 21.9 Å². The maximum absolute atomic E-state index is 12.9. The van der Waals surface area contributed by atoms with Crippen LogP contribution in [-0.2, 0) is 4.79 Å². The third-order valence-corrected chi connectivity index (χ3v) is 6.24. The van der Waals surface area contributed by atoms with Gasteiger partial charge in [0.05, 0.1) is 11.5 Å². The summed E-state index contributed by atoms with van der Waals surface area (Å²) in [6.07, 6.45) is 4.81. The molecule has 1 unspecified atom stereocenters. The molecule has 2 heterocycles. The topological polar surface area (TPSA) is 61.9 Å². The molecule has 2 amide bonds. The maximum atomic E-state index is 12.9. The lowest BCUT2D eigenvalue weighted by Crippen LogP contribution is -2.46. The van der Waals surface area contributed by atoms with Crippen LogP contribution in [-0.4, -0.2) is 67.5 Å². The van der Waals surface area contributed by atoms with Gasteiger partial charge in [-0.1, -0.05) is 19.1 Å². The molecule has 2 fully saturated rings. The number of hydrogen-bond acceptors (Lipinski definition) is 4. The highest BCUT2D eigenvalue weighted by atomic mass is 19.3. The van der Waals surface area contributed by atoms with Crippen LogP contribution in [0.25, 0.3) is 0 Å². The van der Waals surface area contributed by atoms with Crippen molar-refractivity contribution >= 4 is 11.8 Å². The summed E-state index contributed by atoms with van der Waals surface area (Å²) in [5.41, 5.74) is 0.0970. The van der Waals surface area contributed by atoms with E-state index in [0.29, 0.717) is 19.5 Å². The molecule has 0 aromatic heterocycles. The number of alkyl halides is 2. The fraction of sp³-hybridized carbons (Fsp3) is 0.652. The average molecular weight is 438 g/mol. The van der Waals surface area contributed by atoms with Gasteiger partial charge in [-0.3, -0.25) is 9.59 Å². The Kier molecular flexibility index (Phi) is 8.63. The van der Waals surface area contributed by atoms with Crippen molar-refractivity contribution in [3.8, 4) is 5.75 Å². The summed E-state index contributed by atoms with van der Waals surface area (Å²) in [6.45, 7) is 3.96. The van der Waals surface area contributed by atoms with Gasteiger partial charge in [0, 0.05) is 19.6 Å². The summed E-state index contributed by atoms with van der Waals surface area (Å²) in [7, 11) is 0. The molecule has 1 aromatic rings. The van der Waals surface area contributed by atoms with E-state index in [1.165, 1.54) is 25.0 Å². The number of nitrogens with one attached hydrogen (secondary N) is 1. The normalized spacial score (nSPS) is 20.6. The number of ether oxygens (including phenoxy) is 1. The number of benzene rings is 1. The van der Waals surface area contributed by atoms with Gasteiger partial charge in [-0.2, -0.15) is 8.78 Å². The number of carbonyl (C=O) groups is 2. The summed E-state index contributed by atoms with van der Waals surface area (Å²) in [5.74, 6) is -0.0327. The lowest BCUT2D eigenvalue weighted by atomic mass is 9.96. The van der Waals surface area contributed by atoms with Crippen LogP contribution in [0.15, 0.2) is 24.3 Å². The second kappa shape index (κ2) is 11.4. The van der Waals surface area contributed by atoms with Crippen LogP contribution in [0.3, 0.4) is 0 Å². The SMILES string of the molecule is CC1CCN(CCCNC(=O)C2CCCN(C(=O)c3ccccc3OC(F)F)C2)CC1. The van der Waals surface area contributed by atoms with Crippen molar-refractivity contribution in [1.29, 1.82) is 0 Å². The second-order valence-electron chi connectivity index (χ2n) is 8.63. The van der Waals surface area contributed by atoms with Gasteiger partial charge in [-0.05, 0) is 69.8 Å². The second-order valence-corrected chi connectivity index (χ2v) is 8.63. The number of carbonyl (C=O) groups excluding carboxylic acids is 2. The van der Waals surface area contributed by atoms with Crippen molar-refractivity contribution < 1.29 is 23.1 Å². The fourth-order valence-electron chi connectivity index (χ4n) is 4.33. The molecule has 31 heavy (non-hydrogen) atoms. The van der Waals surface area contributed by atoms with Crippen molar-refractivity contribution in [3.63, 3.8) is 0 Å². The van der Waals surface area contributed by atoms with Crippen molar-refractivity contribution in [2.45, 2.75) is 45.6 Å². The van der Waals surface area contributed by atoms with Gasteiger partial charge in [0.25, 0.3) is 5.91 Å². The first-order valence-electron chi connectivity index (χ1n) is 11.3. The number of nitrogens with zero attached hydrogens (tertiary/aromatic N) is 2. The Bertz CT molecular complexity index is 739.